The van der Waals surface area contributed by atoms with Gasteiger partial charge in [0.25, 0.3) is 0 Å². The Morgan fingerprint density at radius 3 is 2.62 bits per heavy atom. The first kappa shape index (κ1) is 23.5. The number of hydrogen-bond donors (Lipinski definition) is 0. The van der Waals surface area contributed by atoms with E-state index in [-0.39, 0.29) is 30.2 Å². The van der Waals surface area contributed by atoms with Gasteiger partial charge in [0, 0.05) is 18.3 Å². The highest BCUT2D eigenvalue weighted by molar-refractivity contribution is 7.17. The van der Waals surface area contributed by atoms with Crippen LogP contribution < -0.4 is 14.9 Å². The fraction of sp³-hybridized carbons (Fsp3) is 0.480. The molecule has 5 rings (SSSR count). The zero-order valence-electron chi connectivity index (χ0n) is 18.9. The Morgan fingerprint density at radius 1 is 1.18 bits per heavy atom. The molecule has 3 heterocycles. The van der Waals surface area contributed by atoms with Gasteiger partial charge in [-0.2, -0.15) is 13.2 Å². The Morgan fingerprint density at radius 2 is 1.94 bits per heavy atom. The van der Waals surface area contributed by atoms with Crippen molar-refractivity contribution in [3.05, 3.63) is 56.7 Å². The summed E-state index contributed by atoms with van der Waals surface area (Å²) in [5.74, 6) is 0.551. The molecule has 0 bridgehead atoms. The highest BCUT2D eigenvalue weighted by Crippen LogP contribution is 2.59. The number of para-hydroxylation sites is 1. The van der Waals surface area contributed by atoms with Gasteiger partial charge in [0.15, 0.2) is 11.5 Å². The summed E-state index contributed by atoms with van der Waals surface area (Å²) in [6.07, 6.45) is -1.43. The molecular weight excluding hydrogens is 487 g/mol. The second kappa shape index (κ2) is 8.19. The number of fused-ring (bicyclic) bond motifs is 2. The van der Waals surface area contributed by atoms with Crippen LogP contribution >= 0.6 is 22.9 Å². The lowest BCUT2D eigenvalue weighted by molar-refractivity contribution is -0.264. The van der Waals surface area contributed by atoms with Gasteiger partial charge in [-0.05, 0) is 48.1 Å². The number of nitrogens with zero attached hydrogens (tertiary/aromatic N) is 1. The number of aromatic nitrogens is 1. The SMILES string of the molecule is CC(C)(CC(Cn1cc(Cl)c(=O)c2sccc21)(C1CCC1)C(F)(F)F)c1cccc2c1OCO2. The third kappa shape index (κ3) is 3.70. The summed E-state index contributed by atoms with van der Waals surface area (Å²) in [5, 5.41) is 1.65. The lowest BCUT2D eigenvalue weighted by atomic mass is 9.57. The number of ether oxygens (including phenoxy) is 2. The number of alkyl halides is 3. The van der Waals surface area contributed by atoms with Gasteiger partial charge >= 0.3 is 6.18 Å². The zero-order chi connectivity index (χ0) is 24.3. The van der Waals surface area contributed by atoms with Crippen molar-refractivity contribution >= 4 is 33.2 Å². The monoisotopic (exact) mass is 511 g/mol. The van der Waals surface area contributed by atoms with Gasteiger partial charge in [-0.25, -0.2) is 0 Å². The Bertz CT molecular complexity index is 1290. The van der Waals surface area contributed by atoms with Gasteiger partial charge < -0.3 is 14.0 Å². The molecule has 0 spiro atoms. The van der Waals surface area contributed by atoms with Crippen molar-refractivity contribution in [2.75, 3.05) is 6.79 Å². The number of pyridine rings is 1. The lowest BCUT2D eigenvalue weighted by Gasteiger charge is -2.50. The minimum Gasteiger partial charge on any atom is -0.454 e. The van der Waals surface area contributed by atoms with Crippen molar-refractivity contribution in [1.82, 2.24) is 4.57 Å². The molecule has 182 valence electrons. The summed E-state index contributed by atoms with van der Waals surface area (Å²) in [6, 6.07) is 7.07. The molecule has 34 heavy (non-hydrogen) atoms. The van der Waals surface area contributed by atoms with Crippen LogP contribution in [-0.4, -0.2) is 17.5 Å². The van der Waals surface area contributed by atoms with E-state index in [0.29, 0.717) is 40.1 Å². The topological polar surface area (TPSA) is 40.5 Å². The lowest BCUT2D eigenvalue weighted by Crippen LogP contribution is -2.52. The van der Waals surface area contributed by atoms with Crippen LogP contribution in [-0.2, 0) is 12.0 Å². The maximum atomic E-state index is 15.2. The minimum atomic E-state index is -4.47. The van der Waals surface area contributed by atoms with Crippen molar-refractivity contribution in [2.45, 2.75) is 57.7 Å². The molecule has 4 nitrogen and oxygen atoms in total. The van der Waals surface area contributed by atoms with Crippen LogP contribution in [0, 0.1) is 11.3 Å². The molecule has 1 fully saturated rings. The fourth-order valence-corrected chi connectivity index (χ4v) is 6.69. The first-order chi connectivity index (χ1) is 16.0. The molecule has 0 amide bonds. The molecule has 1 aromatic carbocycles. The molecule has 1 saturated carbocycles. The van der Waals surface area contributed by atoms with Crippen LogP contribution in [0.1, 0.15) is 45.1 Å². The van der Waals surface area contributed by atoms with E-state index in [4.69, 9.17) is 21.1 Å². The molecule has 9 heteroatoms. The van der Waals surface area contributed by atoms with Crippen LogP contribution in [0.2, 0.25) is 5.02 Å². The van der Waals surface area contributed by atoms with E-state index < -0.39 is 22.9 Å². The molecule has 1 unspecified atom stereocenters. The summed E-state index contributed by atoms with van der Waals surface area (Å²) in [5.41, 5.74) is -2.02. The van der Waals surface area contributed by atoms with Gasteiger partial charge in [0.05, 0.1) is 15.6 Å². The van der Waals surface area contributed by atoms with Gasteiger partial charge in [-0.1, -0.05) is 44.0 Å². The highest BCUT2D eigenvalue weighted by Gasteiger charge is 2.62. The van der Waals surface area contributed by atoms with Crippen molar-refractivity contribution in [3.63, 3.8) is 0 Å². The van der Waals surface area contributed by atoms with Gasteiger partial charge in [0.2, 0.25) is 12.2 Å². The Hall–Kier alpha value is -2.19. The van der Waals surface area contributed by atoms with E-state index in [1.165, 1.54) is 22.1 Å². The predicted octanol–water partition coefficient (Wildman–Crippen LogP) is 7.16. The third-order valence-electron chi connectivity index (χ3n) is 7.43. The van der Waals surface area contributed by atoms with Crippen molar-refractivity contribution in [2.24, 2.45) is 11.3 Å². The average Bonchev–Trinajstić information content (AvgIpc) is 3.38. The summed E-state index contributed by atoms with van der Waals surface area (Å²) in [6.45, 7) is 3.43. The largest absolute Gasteiger partial charge is 0.454 e. The van der Waals surface area contributed by atoms with Gasteiger partial charge in [0.1, 0.15) is 5.02 Å². The molecule has 0 radical (unpaired) electrons. The number of thiophene rings is 1. The maximum Gasteiger partial charge on any atom is 0.396 e. The van der Waals surface area contributed by atoms with E-state index in [2.05, 4.69) is 0 Å². The summed E-state index contributed by atoms with van der Waals surface area (Å²) < 4.78 is 58.6. The summed E-state index contributed by atoms with van der Waals surface area (Å²) in [7, 11) is 0. The van der Waals surface area contributed by atoms with Crippen LogP contribution in [0.25, 0.3) is 10.2 Å². The smallest absolute Gasteiger partial charge is 0.396 e. The molecule has 3 aromatic rings. The standard InChI is InChI=1S/C25H25ClF3NO3S/c1-23(2,16-7-4-8-19-21(16)33-14-32-19)12-24(25(27,28)29,15-5-3-6-15)13-30-11-17(26)20(31)22-18(30)9-10-34-22/h4,7-11,15H,3,5-6,12-14H2,1-2H3. The van der Waals surface area contributed by atoms with Crippen molar-refractivity contribution in [3.8, 4) is 11.5 Å². The second-order valence-electron chi connectivity index (χ2n) is 9.95. The Labute approximate surface area is 204 Å². The molecule has 2 aromatic heterocycles. The summed E-state index contributed by atoms with van der Waals surface area (Å²) in [4.78, 5) is 12.4. The molecule has 1 atom stereocenters. The average molecular weight is 512 g/mol. The molecule has 0 N–H and O–H groups in total. The second-order valence-corrected chi connectivity index (χ2v) is 11.3. The molecular formula is C25H25ClF3NO3S. The first-order valence-corrected chi connectivity index (χ1v) is 12.5. The van der Waals surface area contributed by atoms with E-state index in [1.54, 1.807) is 23.6 Å². The number of rotatable bonds is 6. The van der Waals surface area contributed by atoms with Crippen molar-refractivity contribution in [1.29, 1.82) is 0 Å². The first-order valence-electron chi connectivity index (χ1n) is 11.3. The Balaban J connectivity index is 1.64. The number of halogens is 4. The third-order valence-corrected chi connectivity index (χ3v) is 8.60. The highest BCUT2D eigenvalue weighted by atomic mass is 35.5. The minimum absolute atomic E-state index is 0.0570. The maximum absolute atomic E-state index is 15.2. The van der Waals surface area contributed by atoms with Crippen LogP contribution in [0.3, 0.4) is 0 Å². The van der Waals surface area contributed by atoms with E-state index in [1.807, 2.05) is 19.9 Å². The van der Waals surface area contributed by atoms with E-state index >= 15 is 13.2 Å². The molecule has 0 saturated heterocycles. The fourth-order valence-electron chi connectivity index (χ4n) is 5.57. The van der Waals surface area contributed by atoms with Gasteiger partial charge in [-0.15, -0.1) is 11.3 Å². The number of benzene rings is 1. The van der Waals surface area contributed by atoms with E-state index in [0.717, 1.165) is 6.42 Å². The zero-order valence-corrected chi connectivity index (χ0v) is 20.4. The normalized spacial score (nSPS) is 18.2. The predicted molar refractivity (Wildman–Crippen MR) is 127 cm³/mol. The van der Waals surface area contributed by atoms with Crippen LogP contribution in [0.5, 0.6) is 11.5 Å². The van der Waals surface area contributed by atoms with Crippen molar-refractivity contribution < 1.29 is 22.6 Å². The molecule has 1 aliphatic heterocycles. The van der Waals surface area contributed by atoms with Gasteiger partial charge in [-0.3, -0.25) is 4.79 Å². The van der Waals surface area contributed by atoms with Crippen LogP contribution in [0.4, 0.5) is 13.2 Å². The van der Waals surface area contributed by atoms with Crippen LogP contribution in [0.15, 0.2) is 40.6 Å². The Kier molecular flexibility index (Phi) is 5.67. The number of hydrogen-bond acceptors (Lipinski definition) is 4. The molecule has 1 aliphatic carbocycles. The quantitative estimate of drug-likeness (QED) is 0.352. The summed E-state index contributed by atoms with van der Waals surface area (Å²) >= 11 is 7.37. The van der Waals surface area contributed by atoms with E-state index in [9.17, 15) is 4.79 Å². The molecule has 2 aliphatic rings.